The average molecular weight is 1450 g/mol. The lowest BCUT2D eigenvalue weighted by Crippen LogP contribution is -2.37. The van der Waals surface area contributed by atoms with Crippen molar-refractivity contribution in [3.63, 3.8) is 0 Å². The number of phosphoric ester groups is 1. The second-order valence-electron chi connectivity index (χ2n) is 27.0. The highest BCUT2D eigenvalue weighted by Crippen LogP contribution is 2.38. The van der Waals surface area contributed by atoms with Crippen LogP contribution in [0.2, 0.25) is 0 Å². The van der Waals surface area contributed by atoms with Gasteiger partial charge in [-0.05, 0) is 173 Å². The maximum absolute atomic E-state index is 12.9. The normalized spacial score (nSPS) is 14.4. The van der Waals surface area contributed by atoms with Gasteiger partial charge in [0.15, 0.2) is 6.10 Å². The number of nitrogens with zero attached hydrogens (tertiary/aromatic N) is 1. The molecule has 0 aromatic carbocycles. The van der Waals surface area contributed by atoms with Crippen LogP contribution in [0.1, 0.15) is 271 Å². The largest absolute Gasteiger partial charge is 0.756 e. The minimum absolute atomic E-state index is 0.0499. The number of quaternary nitrogens is 1. The maximum atomic E-state index is 12.9. The first kappa shape index (κ1) is 97.5. The number of phosphoric acid groups is 1. The third-order valence-electron chi connectivity index (χ3n) is 16.1. The summed E-state index contributed by atoms with van der Waals surface area (Å²) in [5, 5.41) is 0. The minimum atomic E-state index is -4.67. The SMILES string of the molecule is CC/C=C\C/C=C\C/C=C\C/C=C\C/C=C\C/C=C\C/C=C\C/C=C\C/C=C\C/C=C\C/C=C\C/C=C\CCCCCCC(=O)OC(COC(=O)CCCCCCCCCCCCC/C=C\C/C=C\C/C=C\C/C=C\C/C=C\C/C=C\C/C=C\C/C=C\C/C=C\CC)COP(=O)([O-])OCC[N+](C)(C)C. The summed E-state index contributed by atoms with van der Waals surface area (Å²) in [6.45, 7) is 3.95. The Labute approximate surface area is 637 Å². The molecule has 0 aliphatic rings. The number of ether oxygens (including phenoxy) is 2. The zero-order valence-electron chi connectivity index (χ0n) is 66.1. The second-order valence-corrected chi connectivity index (χ2v) is 28.4. The van der Waals surface area contributed by atoms with E-state index in [0.29, 0.717) is 23.9 Å². The third kappa shape index (κ3) is 84.5. The van der Waals surface area contributed by atoms with Crippen molar-refractivity contribution in [2.75, 3.05) is 47.5 Å². The van der Waals surface area contributed by atoms with E-state index in [1.807, 2.05) is 21.1 Å². The summed E-state index contributed by atoms with van der Waals surface area (Å²) in [5.41, 5.74) is 0. The second kappa shape index (κ2) is 80.6. The van der Waals surface area contributed by atoms with Crippen molar-refractivity contribution in [1.82, 2.24) is 0 Å². The fourth-order valence-corrected chi connectivity index (χ4v) is 10.7. The first-order chi connectivity index (χ1) is 51.0. The van der Waals surface area contributed by atoms with Gasteiger partial charge in [0.05, 0.1) is 27.7 Å². The number of unbranched alkanes of at least 4 members (excludes halogenated alkanes) is 15. The standard InChI is InChI=1S/C94H146NO8P/c1-6-8-10-12-14-16-18-20-22-24-26-28-30-32-34-36-38-40-42-44-46-47-49-51-53-55-57-59-61-63-65-67-69-71-73-75-77-79-81-83-85-87-94(97)103-92(91-102-104(98,99)101-89-88-95(3,4)5)90-100-93(96)86-84-82-80-78-76-74-72-70-68-66-64-62-60-58-56-54-52-50-48-45-43-41-39-37-35-33-31-29-27-25-23-21-19-17-15-13-11-9-7-2/h8-11,14-17,20-23,26-29,32-35,38-41,44-46,48-49,51-52,54-55,57-58,60-61,63,67,69,73,75,92H,6-7,12-13,18-19,24-25,30-31,36-37,42-43,47,50,53,56,59,62,64-66,68,70-72,74,76-91H2,1-5H3/b10-8-,11-9-,16-14-,17-15-,22-20-,23-21-,28-26-,29-27-,34-32-,35-33-,40-38-,41-39-,46-44-,48-45-,51-49-,54-52-,57-55-,60-58-,63-61-,69-67-,75-73-. The van der Waals surface area contributed by atoms with Gasteiger partial charge in [-0.1, -0.05) is 340 Å². The number of hydrogen-bond donors (Lipinski definition) is 0. The van der Waals surface area contributed by atoms with Crippen molar-refractivity contribution in [3.05, 3.63) is 255 Å². The molecule has 0 fully saturated rings. The molecule has 0 saturated carbocycles. The van der Waals surface area contributed by atoms with E-state index >= 15 is 0 Å². The third-order valence-corrected chi connectivity index (χ3v) is 17.0. The predicted molar refractivity (Wildman–Crippen MR) is 451 cm³/mol. The first-order valence-electron chi connectivity index (χ1n) is 40.4. The fourth-order valence-electron chi connectivity index (χ4n) is 9.98. The lowest BCUT2D eigenvalue weighted by atomic mass is 10.0. The number of likely N-dealkylation sites (N-methyl/N-ethyl adjacent to an activating group) is 1. The van der Waals surface area contributed by atoms with Crippen molar-refractivity contribution in [2.24, 2.45) is 0 Å². The van der Waals surface area contributed by atoms with Crippen LogP contribution >= 0.6 is 7.82 Å². The molecule has 2 atom stereocenters. The molecule has 0 aromatic heterocycles. The van der Waals surface area contributed by atoms with Gasteiger partial charge in [-0.3, -0.25) is 14.2 Å². The molecule has 0 spiro atoms. The Balaban J connectivity index is 4.16. The molecule has 10 heteroatoms. The molecular weight excluding hydrogens is 1300 g/mol. The van der Waals surface area contributed by atoms with E-state index in [9.17, 15) is 19.0 Å². The van der Waals surface area contributed by atoms with Crippen molar-refractivity contribution < 1.29 is 42.1 Å². The van der Waals surface area contributed by atoms with Gasteiger partial charge in [0.2, 0.25) is 0 Å². The van der Waals surface area contributed by atoms with E-state index < -0.39 is 32.5 Å². The van der Waals surface area contributed by atoms with Crippen LogP contribution in [0.15, 0.2) is 255 Å². The number of carbonyl (C=O) groups excluding carboxylic acids is 2. The van der Waals surface area contributed by atoms with Crippen molar-refractivity contribution in [2.45, 2.75) is 277 Å². The fraction of sp³-hybridized carbons (Fsp3) is 0.532. The molecule has 0 heterocycles. The molecule has 0 saturated heterocycles. The summed E-state index contributed by atoms with van der Waals surface area (Å²) < 4.78 is 34.3. The molecule has 0 aliphatic heterocycles. The molecule has 580 valence electrons. The first-order valence-corrected chi connectivity index (χ1v) is 41.9. The van der Waals surface area contributed by atoms with E-state index in [0.717, 1.165) is 186 Å². The Morgan fingerprint density at radius 1 is 0.298 bits per heavy atom. The number of rotatable bonds is 71. The number of hydrogen-bond acceptors (Lipinski definition) is 8. The Kier molecular flexibility index (Phi) is 75.6. The van der Waals surface area contributed by atoms with Crippen molar-refractivity contribution >= 4 is 19.8 Å². The highest BCUT2D eigenvalue weighted by Gasteiger charge is 2.22. The molecule has 0 aromatic rings. The van der Waals surface area contributed by atoms with E-state index in [1.165, 1.54) is 44.9 Å². The molecule has 0 N–H and O–H groups in total. The Bertz CT molecular complexity index is 2720. The highest BCUT2D eigenvalue weighted by atomic mass is 31.2. The molecule has 104 heavy (non-hydrogen) atoms. The van der Waals surface area contributed by atoms with Gasteiger partial charge in [0, 0.05) is 12.8 Å². The zero-order chi connectivity index (χ0) is 75.4. The van der Waals surface area contributed by atoms with Crippen LogP contribution in [0.25, 0.3) is 0 Å². The lowest BCUT2D eigenvalue weighted by molar-refractivity contribution is -0.870. The van der Waals surface area contributed by atoms with Gasteiger partial charge >= 0.3 is 11.9 Å². The summed E-state index contributed by atoms with van der Waals surface area (Å²) >= 11 is 0. The van der Waals surface area contributed by atoms with Gasteiger partial charge in [-0.15, -0.1) is 0 Å². The van der Waals surface area contributed by atoms with Crippen LogP contribution in [-0.2, 0) is 32.7 Å². The van der Waals surface area contributed by atoms with Crippen molar-refractivity contribution in [1.29, 1.82) is 0 Å². The Morgan fingerprint density at radius 2 is 0.519 bits per heavy atom. The quantitative estimate of drug-likeness (QED) is 0.0195. The van der Waals surface area contributed by atoms with Crippen LogP contribution in [0.5, 0.6) is 0 Å². The Morgan fingerprint density at radius 3 is 0.769 bits per heavy atom. The van der Waals surface area contributed by atoms with Crippen LogP contribution in [0, 0.1) is 0 Å². The summed E-state index contributed by atoms with van der Waals surface area (Å²) in [5.74, 6) is -0.883. The van der Waals surface area contributed by atoms with E-state index in [2.05, 4.69) is 269 Å². The predicted octanol–water partition coefficient (Wildman–Crippen LogP) is 27.0. The monoisotopic (exact) mass is 1450 g/mol. The lowest BCUT2D eigenvalue weighted by Gasteiger charge is -2.28. The molecular formula is C94H146NO8P. The van der Waals surface area contributed by atoms with E-state index in [1.54, 1.807) is 0 Å². The number of allylic oxidation sites excluding steroid dienone is 42. The Hall–Kier alpha value is -6.45. The minimum Gasteiger partial charge on any atom is -0.756 e. The van der Waals surface area contributed by atoms with Gasteiger partial charge in [-0.2, -0.15) is 0 Å². The number of esters is 2. The van der Waals surface area contributed by atoms with Crippen LogP contribution in [0.3, 0.4) is 0 Å². The molecule has 0 rings (SSSR count). The summed E-state index contributed by atoms with van der Waals surface area (Å²) in [7, 11) is 1.11. The zero-order valence-corrected chi connectivity index (χ0v) is 67.0. The van der Waals surface area contributed by atoms with Crippen LogP contribution < -0.4 is 4.89 Å². The molecule has 0 aliphatic carbocycles. The summed E-state index contributed by atoms with van der Waals surface area (Å²) in [6, 6.07) is 0. The van der Waals surface area contributed by atoms with Gasteiger partial charge in [0.25, 0.3) is 7.82 Å². The molecule has 0 bridgehead atoms. The summed E-state index contributed by atoms with van der Waals surface area (Å²) in [4.78, 5) is 38.2. The van der Waals surface area contributed by atoms with Gasteiger partial charge in [-0.25, -0.2) is 0 Å². The average Bonchev–Trinajstić information content (AvgIpc) is 0.920. The van der Waals surface area contributed by atoms with Crippen LogP contribution in [0.4, 0.5) is 0 Å². The molecule has 0 radical (unpaired) electrons. The van der Waals surface area contributed by atoms with Gasteiger partial charge in [0.1, 0.15) is 19.8 Å². The van der Waals surface area contributed by atoms with Crippen LogP contribution in [-0.4, -0.2) is 70.0 Å². The number of carbonyl (C=O) groups is 2. The maximum Gasteiger partial charge on any atom is 0.306 e. The smallest absolute Gasteiger partial charge is 0.306 e. The van der Waals surface area contributed by atoms with Gasteiger partial charge < -0.3 is 27.9 Å². The van der Waals surface area contributed by atoms with E-state index in [-0.39, 0.29) is 26.1 Å². The van der Waals surface area contributed by atoms with E-state index in [4.69, 9.17) is 18.5 Å². The topological polar surface area (TPSA) is 111 Å². The summed E-state index contributed by atoms with van der Waals surface area (Å²) in [6.07, 6.45) is 132. The molecule has 0 amide bonds. The molecule has 2 unspecified atom stereocenters. The van der Waals surface area contributed by atoms with Crippen molar-refractivity contribution in [3.8, 4) is 0 Å². The highest BCUT2D eigenvalue weighted by molar-refractivity contribution is 7.45. The molecule has 9 nitrogen and oxygen atoms in total.